The topological polar surface area (TPSA) is 108 Å². The summed E-state index contributed by atoms with van der Waals surface area (Å²) in [7, 11) is 0. The largest absolute Gasteiger partial charge is 0.481 e. The van der Waals surface area contributed by atoms with E-state index in [1.54, 1.807) is 4.90 Å². The van der Waals surface area contributed by atoms with E-state index in [-0.39, 0.29) is 12.0 Å². The van der Waals surface area contributed by atoms with Gasteiger partial charge in [-0.1, -0.05) is 13.3 Å². The van der Waals surface area contributed by atoms with Crippen molar-refractivity contribution in [1.29, 1.82) is 0 Å². The smallest absolute Gasteiger partial charge is 0.324 e. The third-order valence-electron chi connectivity index (χ3n) is 3.89. The molecule has 1 aromatic heterocycles. The zero-order valence-electron chi connectivity index (χ0n) is 11.9. The second-order valence-corrected chi connectivity index (χ2v) is 5.22. The van der Waals surface area contributed by atoms with E-state index in [0.29, 0.717) is 32.4 Å². The SMILES string of the molecule is CCCC1(C(=O)O)CCN(C(=O)Nc2nccnn2)CC1. The number of amides is 2. The Morgan fingerprint density at radius 2 is 2.10 bits per heavy atom. The van der Waals surface area contributed by atoms with Crippen LogP contribution in [0.4, 0.5) is 10.7 Å². The summed E-state index contributed by atoms with van der Waals surface area (Å²) >= 11 is 0. The number of aliphatic carboxylic acids is 1. The van der Waals surface area contributed by atoms with Crippen molar-refractivity contribution in [3.63, 3.8) is 0 Å². The molecule has 0 bridgehead atoms. The van der Waals surface area contributed by atoms with Gasteiger partial charge in [0.05, 0.1) is 17.8 Å². The number of nitrogens with one attached hydrogen (secondary N) is 1. The molecular formula is C13H19N5O3. The maximum absolute atomic E-state index is 12.1. The minimum absolute atomic E-state index is 0.145. The lowest BCUT2D eigenvalue weighted by molar-refractivity contribution is -0.152. The molecule has 0 aliphatic carbocycles. The van der Waals surface area contributed by atoms with Crippen LogP contribution < -0.4 is 5.32 Å². The molecule has 2 N–H and O–H groups in total. The average molecular weight is 293 g/mol. The Labute approximate surface area is 122 Å². The number of nitrogens with zero attached hydrogens (tertiary/aromatic N) is 4. The van der Waals surface area contributed by atoms with E-state index in [1.807, 2.05) is 6.92 Å². The monoisotopic (exact) mass is 293 g/mol. The van der Waals surface area contributed by atoms with E-state index in [9.17, 15) is 14.7 Å². The van der Waals surface area contributed by atoms with Gasteiger partial charge in [0.1, 0.15) is 0 Å². The zero-order valence-corrected chi connectivity index (χ0v) is 11.9. The molecule has 0 aromatic carbocycles. The van der Waals surface area contributed by atoms with E-state index in [4.69, 9.17) is 0 Å². The first-order chi connectivity index (χ1) is 10.1. The van der Waals surface area contributed by atoms with Gasteiger partial charge in [-0.2, -0.15) is 5.10 Å². The fourth-order valence-electron chi connectivity index (χ4n) is 2.67. The van der Waals surface area contributed by atoms with Gasteiger partial charge in [-0.05, 0) is 19.3 Å². The number of hydrogen-bond acceptors (Lipinski definition) is 5. The van der Waals surface area contributed by atoms with Gasteiger partial charge in [0, 0.05) is 13.1 Å². The number of carboxylic acids is 1. The molecule has 2 rings (SSSR count). The fourth-order valence-corrected chi connectivity index (χ4v) is 2.67. The van der Waals surface area contributed by atoms with Crippen LogP contribution in [0.1, 0.15) is 32.6 Å². The molecule has 0 unspecified atom stereocenters. The second-order valence-electron chi connectivity index (χ2n) is 5.22. The molecule has 1 aromatic rings. The highest BCUT2D eigenvalue weighted by Gasteiger charge is 2.41. The van der Waals surface area contributed by atoms with Gasteiger partial charge in [-0.15, -0.1) is 5.10 Å². The maximum Gasteiger partial charge on any atom is 0.324 e. The number of likely N-dealkylation sites (tertiary alicyclic amines) is 1. The van der Waals surface area contributed by atoms with E-state index in [0.717, 1.165) is 6.42 Å². The highest BCUT2D eigenvalue weighted by Crippen LogP contribution is 2.36. The van der Waals surface area contributed by atoms with Crippen LogP contribution in [-0.4, -0.2) is 50.3 Å². The minimum Gasteiger partial charge on any atom is -0.481 e. The van der Waals surface area contributed by atoms with Gasteiger partial charge in [0.15, 0.2) is 0 Å². The van der Waals surface area contributed by atoms with Crippen LogP contribution in [0.25, 0.3) is 0 Å². The number of anilines is 1. The quantitative estimate of drug-likeness (QED) is 0.868. The summed E-state index contributed by atoms with van der Waals surface area (Å²) in [5.41, 5.74) is -0.698. The first-order valence-corrected chi connectivity index (χ1v) is 7.00. The Morgan fingerprint density at radius 3 is 2.62 bits per heavy atom. The molecule has 1 aliphatic heterocycles. The van der Waals surface area contributed by atoms with Crippen molar-refractivity contribution >= 4 is 17.9 Å². The molecule has 0 atom stereocenters. The van der Waals surface area contributed by atoms with Crippen LogP contribution in [0.2, 0.25) is 0 Å². The second kappa shape index (κ2) is 6.47. The van der Waals surface area contributed by atoms with E-state index in [1.165, 1.54) is 12.4 Å². The van der Waals surface area contributed by atoms with E-state index >= 15 is 0 Å². The molecule has 8 heteroatoms. The third-order valence-corrected chi connectivity index (χ3v) is 3.89. The highest BCUT2D eigenvalue weighted by atomic mass is 16.4. The molecule has 2 amide bonds. The molecule has 114 valence electrons. The van der Waals surface area contributed by atoms with Crippen molar-refractivity contribution in [2.45, 2.75) is 32.6 Å². The Hall–Kier alpha value is -2.25. The van der Waals surface area contributed by atoms with Crippen molar-refractivity contribution in [3.8, 4) is 0 Å². The Kier molecular flexibility index (Phi) is 4.66. The lowest BCUT2D eigenvalue weighted by Crippen LogP contribution is -2.48. The van der Waals surface area contributed by atoms with Crippen LogP contribution in [0.15, 0.2) is 12.4 Å². The van der Waals surface area contributed by atoms with Crippen LogP contribution in [0.5, 0.6) is 0 Å². The standard InChI is InChI=1S/C13H19N5O3/c1-2-3-13(10(19)20)4-8-18(9-5-13)12(21)16-11-14-6-7-15-17-11/h6-7H,2-5,8-9H2,1H3,(H,19,20)(H,14,16,17,21). The van der Waals surface area contributed by atoms with Crippen molar-refractivity contribution in [2.24, 2.45) is 5.41 Å². The Bertz CT molecular complexity index is 500. The normalized spacial score (nSPS) is 17.3. The first-order valence-electron chi connectivity index (χ1n) is 7.00. The predicted molar refractivity (Wildman–Crippen MR) is 74.6 cm³/mol. The number of carboxylic acid groups (broad SMARTS) is 1. The van der Waals surface area contributed by atoms with Gasteiger partial charge in [-0.25, -0.2) is 9.78 Å². The number of hydrogen-bond donors (Lipinski definition) is 2. The molecule has 1 saturated heterocycles. The number of piperidine rings is 1. The summed E-state index contributed by atoms with van der Waals surface area (Å²) in [5, 5.41) is 19.3. The van der Waals surface area contributed by atoms with Gasteiger partial charge < -0.3 is 10.0 Å². The van der Waals surface area contributed by atoms with Crippen LogP contribution >= 0.6 is 0 Å². The van der Waals surface area contributed by atoms with Crippen LogP contribution in [-0.2, 0) is 4.79 Å². The number of urea groups is 1. The molecular weight excluding hydrogens is 274 g/mol. The summed E-state index contributed by atoms with van der Waals surface area (Å²) in [4.78, 5) is 29.0. The molecule has 2 heterocycles. The highest BCUT2D eigenvalue weighted by molar-refractivity contribution is 5.87. The van der Waals surface area contributed by atoms with Gasteiger partial charge in [0.25, 0.3) is 5.95 Å². The molecule has 0 spiro atoms. The molecule has 0 saturated carbocycles. The summed E-state index contributed by atoms with van der Waals surface area (Å²) < 4.78 is 0. The Morgan fingerprint density at radius 1 is 1.38 bits per heavy atom. The number of aromatic nitrogens is 3. The lowest BCUT2D eigenvalue weighted by Gasteiger charge is -2.38. The average Bonchev–Trinajstić information content (AvgIpc) is 2.49. The van der Waals surface area contributed by atoms with Crippen LogP contribution in [0.3, 0.4) is 0 Å². The van der Waals surface area contributed by atoms with Gasteiger partial charge in [0.2, 0.25) is 0 Å². The number of carbonyl (C=O) groups is 2. The summed E-state index contributed by atoms with van der Waals surface area (Å²) in [6.07, 6.45) is 5.26. The number of carbonyl (C=O) groups excluding carboxylic acids is 1. The van der Waals surface area contributed by atoms with Crippen LogP contribution in [0, 0.1) is 5.41 Å². The number of rotatable bonds is 4. The molecule has 8 nitrogen and oxygen atoms in total. The fraction of sp³-hybridized carbons (Fsp3) is 0.615. The first kappa shape index (κ1) is 15.1. The molecule has 1 aliphatic rings. The van der Waals surface area contributed by atoms with Crippen molar-refractivity contribution < 1.29 is 14.7 Å². The minimum atomic E-state index is -0.764. The van der Waals surface area contributed by atoms with E-state index < -0.39 is 11.4 Å². The Balaban J connectivity index is 1.94. The van der Waals surface area contributed by atoms with Gasteiger partial charge in [-0.3, -0.25) is 10.1 Å². The van der Waals surface area contributed by atoms with E-state index in [2.05, 4.69) is 20.5 Å². The molecule has 21 heavy (non-hydrogen) atoms. The van der Waals surface area contributed by atoms with Crippen molar-refractivity contribution in [3.05, 3.63) is 12.4 Å². The van der Waals surface area contributed by atoms with Crippen molar-refractivity contribution in [2.75, 3.05) is 18.4 Å². The zero-order chi connectivity index (χ0) is 15.3. The lowest BCUT2D eigenvalue weighted by atomic mass is 9.75. The third kappa shape index (κ3) is 3.45. The summed E-state index contributed by atoms with van der Waals surface area (Å²) in [6.45, 7) is 2.81. The van der Waals surface area contributed by atoms with Gasteiger partial charge >= 0.3 is 12.0 Å². The molecule has 0 radical (unpaired) electrons. The predicted octanol–water partition coefficient (Wildman–Crippen LogP) is 1.37. The van der Waals surface area contributed by atoms with Crippen molar-refractivity contribution in [1.82, 2.24) is 20.1 Å². The molecule has 1 fully saturated rings. The summed E-state index contributed by atoms with van der Waals surface area (Å²) in [5.74, 6) is -0.619. The summed E-state index contributed by atoms with van der Waals surface area (Å²) in [6, 6.07) is -0.321. The maximum atomic E-state index is 12.1.